The van der Waals surface area contributed by atoms with Gasteiger partial charge >= 0.3 is 0 Å². The molecular weight excluding hydrogens is 260 g/mol. The fourth-order valence-corrected chi connectivity index (χ4v) is 2.00. The third kappa shape index (κ3) is 7.88. The van der Waals surface area contributed by atoms with Crippen molar-refractivity contribution < 1.29 is 4.74 Å². The Balaban J connectivity index is 2.49. The van der Waals surface area contributed by atoms with E-state index < -0.39 is 0 Å². The fourth-order valence-electron chi connectivity index (χ4n) is 2.00. The molecule has 0 aromatic heterocycles. The van der Waals surface area contributed by atoms with Crippen LogP contribution < -0.4 is 10.1 Å². The number of hydrogen-bond donors (Lipinski definition) is 1. The first kappa shape index (κ1) is 17.7. The summed E-state index contributed by atoms with van der Waals surface area (Å²) in [6.45, 7) is 15.8. The Labute approximate surface area is 130 Å². The van der Waals surface area contributed by atoms with Crippen molar-refractivity contribution >= 4 is 0 Å². The van der Waals surface area contributed by atoms with Gasteiger partial charge in [0.25, 0.3) is 0 Å². The molecule has 21 heavy (non-hydrogen) atoms. The molecule has 0 amide bonds. The highest BCUT2D eigenvalue weighted by molar-refractivity contribution is 5.33. The first-order valence-electron chi connectivity index (χ1n) is 7.56. The average molecular weight is 290 g/mol. The minimum atomic E-state index is 0.106. The van der Waals surface area contributed by atoms with E-state index in [1.165, 1.54) is 11.1 Å². The van der Waals surface area contributed by atoms with E-state index in [2.05, 4.69) is 56.7 Å². The van der Waals surface area contributed by atoms with Crippen molar-refractivity contribution in [2.75, 3.05) is 26.7 Å². The van der Waals surface area contributed by atoms with Crippen LogP contribution >= 0.6 is 0 Å². The van der Waals surface area contributed by atoms with E-state index in [1.54, 1.807) is 0 Å². The van der Waals surface area contributed by atoms with Crippen LogP contribution in [-0.4, -0.2) is 37.2 Å². The van der Waals surface area contributed by atoms with Crippen molar-refractivity contribution in [3.8, 4) is 5.75 Å². The Morgan fingerprint density at radius 2 is 1.95 bits per heavy atom. The van der Waals surface area contributed by atoms with Gasteiger partial charge in [0.05, 0.1) is 0 Å². The maximum absolute atomic E-state index is 5.94. The molecule has 1 N–H and O–H groups in total. The molecule has 0 aliphatic carbocycles. The van der Waals surface area contributed by atoms with Crippen molar-refractivity contribution in [3.05, 3.63) is 42.0 Å². The first-order valence-corrected chi connectivity index (χ1v) is 7.56. The van der Waals surface area contributed by atoms with Crippen LogP contribution in [0.4, 0.5) is 0 Å². The molecule has 0 atom stereocenters. The summed E-state index contributed by atoms with van der Waals surface area (Å²) in [7, 11) is 2.09. The molecule has 1 aromatic carbocycles. The molecule has 0 fully saturated rings. The van der Waals surface area contributed by atoms with Crippen molar-refractivity contribution in [2.45, 2.75) is 39.8 Å². The van der Waals surface area contributed by atoms with Crippen molar-refractivity contribution in [1.29, 1.82) is 0 Å². The monoisotopic (exact) mass is 290 g/mol. The molecule has 0 saturated heterocycles. The van der Waals surface area contributed by atoms with Crippen LogP contribution in [0.1, 0.15) is 33.3 Å². The van der Waals surface area contributed by atoms with Gasteiger partial charge in [0.2, 0.25) is 0 Å². The van der Waals surface area contributed by atoms with Gasteiger partial charge in [0.15, 0.2) is 0 Å². The zero-order chi connectivity index (χ0) is 15.9. The standard InChI is InChI=1S/C18H30N2O/c1-15(2)14-20(6)11-12-21-17-10-8-7-9-16(17)13-19-18(3,4)5/h7-10,19H,1,11-14H2,2-6H3. The highest BCUT2D eigenvalue weighted by atomic mass is 16.5. The fraction of sp³-hybridized carbons (Fsp3) is 0.556. The van der Waals surface area contributed by atoms with Crippen LogP contribution in [0.25, 0.3) is 0 Å². The molecule has 1 aromatic rings. The predicted molar refractivity (Wildman–Crippen MR) is 90.8 cm³/mol. The van der Waals surface area contributed by atoms with Crippen LogP contribution in [-0.2, 0) is 6.54 Å². The second-order valence-corrected chi connectivity index (χ2v) is 6.75. The van der Waals surface area contributed by atoms with E-state index in [0.29, 0.717) is 6.61 Å². The van der Waals surface area contributed by atoms with Crippen molar-refractivity contribution in [1.82, 2.24) is 10.2 Å². The van der Waals surface area contributed by atoms with Gasteiger partial charge < -0.3 is 10.1 Å². The highest BCUT2D eigenvalue weighted by Crippen LogP contribution is 2.18. The lowest BCUT2D eigenvalue weighted by atomic mass is 10.1. The summed E-state index contributed by atoms with van der Waals surface area (Å²) in [4.78, 5) is 2.22. The van der Waals surface area contributed by atoms with Crippen LogP contribution in [0.2, 0.25) is 0 Å². The van der Waals surface area contributed by atoms with Gasteiger partial charge in [-0.1, -0.05) is 30.4 Å². The molecule has 0 saturated carbocycles. The lowest BCUT2D eigenvalue weighted by Gasteiger charge is -2.22. The molecule has 0 radical (unpaired) electrons. The summed E-state index contributed by atoms with van der Waals surface area (Å²) in [6, 6.07) is 8.23. The topological polar surface area (TPSA) is 24.5 Å². The van der Waals surface area contributed by atoms with E-state index in [4.69, 9.17) is 4.74 Å². The molecular formula is C18H30N2O. The lowest BCUT2D eigenvalue weighted by Crippen LogP contribution is -2.35. The van der Waals surface area contributed by atoms with Crippen LogP contribution in [0, 0.1) is 0 Å². The third-order valence-corrected chi connectivity index (χ3v) is 3.05. The van der Waals surface area contributed by atoms with Gasteiger partial charge in [0.1, 0.15) is 12.4 Å². The van der Waals surface area contributed by atoms with Gasteiger partial charge in [0, 0.05) is 30.7 Å². The molecule has 0 heterocycles. The SMILES string of the molecule is C=C(C)CN(C)CCOc1ccccc1CNC(C)(C)C. The Morgan fingerprint density at radius 3 is 2.57 bits per heavy atom. The zero-order valence-electron chi connectivity index (χ0n) is 14.2. The number of nitrogens with zero attached hydrogens (tertiary/aromatic N) is 1. The summed E-state index contributed by atoms with van der Waals surface area (Å²) < 4.78 is 5.94. The lowest BCUT2D eigenvalue weighted by molar-refractivity contribution is 0.245. The second kappa shape index (κ2) is 8.20. The number of rotatable bonds is 8. The molecule has 3 heteroatoms. The summed E-state index contributed by atoms with van der Waals surface area (Å²) in [6.07, 6.45) is 0. The van der Waals surface area contributed by atoms with Crippen molar-refractivity contribution in [2.24, 2.45) is 0 Å². The number of hydrogen-bond acceptors (Lipinski definition) is 3. The number of nitrogens with one attached hydrogen (secondary N) is 1. The highest BCUT2D eigenvalue weighted by Gasteiger charge is 2.10. The van der Waals surface area contributed by atoms with E-state index >= 15 is 0 Å². The minimum absolute atomic E-state index is 0.106. The molecule has 0 aliphatic rings. The van der Waals surface area contributed by atoms with Crippen molar-refractivity contribution in [3.63, 3.8) is 0 Å². The largest absolute Gasteiger partial charge is 0.492 e. The Bertz CT molecular complexity index is 449. The van der Waals surface area contributed by atoms with Gasteiger partial charge in [-0.25, -0.2) is 0 Å². The smallest absolute Gasteiger partial charge is 0.123 e. The normalized spacial score (nSPS) is 11.7. The van der Waals surface area contributed by atoms with Crippen LogP contribution in [0.3, 0.4) is 0 Å². The molecule has 118 valence electrons. The first-order chi connectivity index (χ1) is 9.78. The van der Waals surface area contributed by atoms with E-state index in [1.807, 2.05) is 19.1 Å². The van der Waals surface area contributed by atoms with E-state index in [0.717, 1.165) is 25.4 Å². The quantitative estimate of drug-likeness (QED) is 0.742. The third-order valence-electron chi connectivity index (χ3n) is 3.05. The maximum atomic E-state index is 5.94. The van der Waals surface area contributed by atoms with E-state index in [-0.39, 0.29) is 5.54 Å². The Kier molecular flexibility index (Phi) is 6.93. The van der Waals surface area contributed by atoms with Crippen LogP contribution in [0.5, 0.6) is 5.75 Å². The molecule has 1 rings (SSSR count). The maximum Gasteiger partial charge on any atom is 0.123 e. The molecule has 0 aliphatic heterocycles. The Hall–Kier alpha value is -1.32. The summed E-state index contributed by atoms with van der Waals surface area (Å²) in [5, 5.41) is 3.50. The van der Waals surface area contributed by atoms with Gasteiger partial charge in [-0.2, -0.15) is 0 Å². The summed E-state index contributed by atoms with van der Waals surface area (Å²) in [5.41, 5.74) is 2.48. The molecule has 3 nitrogen and oxygen atoms in total. The molecule has 0 unspecified atom stereocenters. The number of likely N-dealkylation sites (N-methyl/N-ethyl adjacent to an activating group) is 1. The molecule has 0 spiro atoms. The van der Waals surface area contributed by atoms with E-state index in [9.17, 15) is 0 Å². The van der Waals surface area contributed by atoms with Gasteiger partial charge in [-0.05, 0) is 40.8 Å². The number of para-hydroxylation sites is 1. The van der Waals surface area contributed by atoms with Gasteiger partial charge in [-0.3, -0.25) is 4.90 Å². The van der Waals surface area contributed by atoms with Crippen LogP contribution in [0.15, 0.2) is 36.4 Å². The predicted octanol–water partition coefficient (Wildman–Crippen LogP) is 3.46. The summed E-state index contributed by atoms with van der Waals surface area (Å²) in [5.74, 6) is 0.970. The number of benzene rings is 1. The zero-order valence-corrected chi connectivity index (χ0v) is 14.2. The number of ether oxygens (including phenoxy) is 1. The second-order valence-electron chi connectivity index (χ2n) is 6.75. The average Bonchev–Trinajstić information content (AvgIpc) is 2.35. The minimum Gasteiger partial charge on any atom is -0.492 e. The summed E-state index contributed by atoms with van der Waals surface area (Å²) >= 11 is 0. The Morgan fingerprint density at radius 1 is 1.29 bits per heavy atom. The molecule has 0 bridgehead atoms. The van der Waals surface area contributed by atoms with Gasteiger partial charge in [-0.15, -0.1) is 0 Å².